The minimum Gasteiger partial charge on any atom is -0.326 e. The molecule has 0 aliphatic carbocycles. The van der Waals surface area contributed by atoms with Gasteiger partial charge in [0.1, 0.15) is 5.70 Å². The molecule has 4 amide bonds. The molecule has 4 aromatic rings. The minimum atomic E-state index is -0.480. The maximum absolute atomic E-state index is 13.6. The van der Waals surface area contributed by atoms with Gasteiger partial charge in [-0.1, -0.05) is 69.3 Å². The van der Waals surface area contributed by atoms with E-state index in [4.69, 9.17) is 0 Å². The maximum Gasteiger partial charge on any atom is 0.272 e. The molecule has 0 bridgehead atoms. The van der Waals surface area contributed by atoms with Crippen LogP contribution in [0.15, 0.2) is 114 Å². The van der Waals surface area contributed by atoms with Crippen LogP contribution in [0.3, 0.4) is 0 Å². The standard InChI is InChI=1S/C37H38N4O4S/c1-5-34(37(45)39-30-20-18-29(19-21-30)38-25(4)42)46-32-13-9-12-31(23-32)40-36(44)33(41-35(43)28-10-7-6-8-11-28)22-26-14-16-27(17-15-26)24(2)3/h6-24,34H,5H2,1-4H3,(H,38,42)(H,39,45)(H,40,44)(H,41,43)/b33-22+. The highest BCUT2D eigenvalue weighted by Gasteiger charge is 2.19. The van der Waals surface area contributed by atoms with Gasteiger partial charge in [-0.25, -0.2) is 0 Å². The van der Waals surface area contributed by atoms with Gasteiger partial charge in [0.25, 0.3) is 11.8 Å². The largest absolute Gasteiger partial charge is 0.326 e. The Balaban J connectivity index is 1.48. The van der Waals surface area contributed by atoms with Crippen LogP contribution in [0, 0.1) is 0 Å². The van der Waals surface area contributed by atoms with E-state index >= 15 is 0 Å². The van der Waals surface area contributed by atoms with Crippen molar-refractivity contribution >= 4 is 58.5 Å². The summed E-state index contributed by atoms with van der Waals surface area (Å²) >= 11 is 1.39. The fourth-order valence-electron chi connectivity index (χ4n) is 4.48. The fourth-order valence-corrected chi connectivity index (χ4v) is 5.49. The Bertz CT molecular complexity index is 1700. The van der Waals surface area contributed by atoms with Gasteiger partial charge in [0.05, 0.1) is 5.25 Å². The molecule has 0 aromatic heterocycles. The number of nitrogens with one attached hydrogen (secondary N) is 4. The lowest BCUT2D eigenvalue weighted by Gasteiger charge is -2.16. The Hall–Kier alpha value is -5.15. The Morgan fingerprint density at radius 2 is 1.39 bits per heavy atom. The van der Waals surface area contributed by atoms with Crippen molar-refractivity contribution in [3.05, 3.63) is 126 Å². The second-order valence-electron chi connectivity index (χ2n) is 10.9. The number of anilines is 3. The molecule has 236 valence electrons. The highest BCUT2D eigenvalue weighted by molar-refractivity contribution is 8.00. The fraction of sp³-hybridized carbons (Fsp3) is 0.189. The number of carbonyl (C=O) groups excluding carboxylic acids is 4. The Kier molecular flexibility index (Phi) is 11.9. The lowest BCUT2D eigenvalue weighted by molar-refractivity contribution is -0.116. The summed E-state index contributed by atoms with van der Waals surface area (Å²) in [6.45, 7) is 7.59. The molecule has 0 radical (unpaired) electrons. The first kappa shape index (κ1) is 33.7. The molecule has 46 heavy (non-hydrogen) atoms. The molecule has 0 saturated heterocycles. The number of thioether (sulfide) groups is 1. The van der Waals surface area contributed by atoms with Crippen molar-refractivity contribution in [2.45, 2.75) is 50.2 Å². The molecule has 0 aliphatic heterocycles. The van der Waals surface area contributed by atoms with E-state index in [0.29, 0.717) is 35.0 Å². The number of benzene rings is 4. The van der Waals surface area contributed by atoms with Crippen LogP contribution in [0.4, 0.5) is 17.1 Å². The lowest BCUT2D eigenvalue weighted by atomic mass is 10.0. The third-order valence-corrected chi connectivity index (χ3v) is 8.31. The topological polar surface area (TPSA) is 116 Å². The number of hydrogen-bond donors (Lipinski definition) is 4. The first-order valence-corrected chi connectivity index (χ1v) is 15.9. The van der Waals surface area contributed by atoms with Crippen LogP contribution in [0.5, 0.6) is 0 Å². The van der Waals surface area contributed by atoms with Crippen LogP contribution in [-0.2, 0) is 14.4 Å². The van der Waals surface area contributed by atoms with Crippen LogP contribution in [0.1, 0.15) is 61.5 Å². The van der Waals surface area contributed by atoms with Gasteiger partial charge in [-0.05, 0) is 84.1 Å². The normalized spacial score (nSPS) is 11.8. The SMILES string of the molecule is CCC(Sc1cccc(NC(=O)/C(=C\c2ccc(C(C)C)cc2)NC(=O)c2ccccc2)c1)C(=O)Nc1ccc(NC(C)=O)cc1. The average molecular weight is 635 g/mol. The van der Waals surface area contributed by atoms with Gasteiger partial charge in [0.2, 0.25) is 11.8 Å². The summed E-state index contributed by atoms with van der Waals surface area (Å²) < 4.78 is 0. The third-order valence-electron chi connectivity index (χ3n) is 6.95. The number of rotatable bonds is 12. The first-order valence-electron chi connectivity index (χ1n) is 15.1. The van der Waals surface area contributed by atoms with Crippen LogP contribution >= 0.6 is 11.8 Å². The van der Waals surface area contributed by atoms with Crippen LogP contribution in [0.2, 0.25) is 0 Å². The lowest BCUT2D eigenvalue weighted by Crippen LogP contribution is -2.30. The average Bonchev–Trinajstić information content (AvgIpc) is 3.04. The maximum atomic E-state index is 13.6. The summed E-state index contributed by atoms with van der Waals surface area (Å²) in [5, 5.41) is 10.9. The number of amides is 4. The van der Waals surface area contributed by atoms with Crippen molar-refractivity contribution < 1.29 is 19.2 Å². The van der Waals surface area contributed by atoms with Crippen LogP contribution in [-0.4, -0.2) is 28.9 Å². The highest BCUT2D eigenvalue weighted by atomic mass is 32.2. The summed E-state index contributed by atoms with van der Waals surface area (Å²) in [5.74, 6) is -0.840. The summed E-state index contributed by atoms with van der Waals surface area (Å²) in [5.41, 5.74) is 4.26. The summed E-state index contributed by atoms with van der Waals surface area (Å²) in [4.78, 5) is 51.7. The molecule has 0 fully saturated rings. The molecule has 8 nitrogen and oxygen atoms in total. The zero-order chi connectivity index (χ0) is 33.1. The van der Waals surface area contributed by atoms with E-state index in [1.165, 1.54) is 24.2 Å². The molecule has 0 spiro atoms. The van der Waals surface area contributed by atoms with Gasteiger partial charge >= 0.3 is 0 Å². The van der Waals surface area contributed by atoms with Crippen molar-refractivity contribution in [2.75, 3.05) is 16.0 Å². The van der Waals surface area contributed by atoms with Crippen molar-refractivity contribution in [3.63, 3.8) is 0 Å². The van der Waals surface area contributed by atoms with Gasteiger partial charge in [-0.2, -0.15) is 0 Å². The summed E-state index contributed by atoms with van der Waals surface area (Å²) in [6.07, 6.45) is 2.23. The third kappa shape index (κ3) is 9.93. The van der Waals surface area contributed by atoms with Crippen LogP contribution < -0.4 is 21.3 Å². The van der Waals surface area contributed by atoms with Crippen molar-refractivity contribution in [3.8, 4) is 0 Å². The molecule has 0 heterocycles. The van der Waals surface area contributed by atoms with Gasteiger partial charge < -0.3 is 21.3 Å². The van der Waals surface area contributed by atoms with E-state index in [1.54, 1.807) is 72.8 Å². The second-order valence-corrected chi connectivity index (χ2v) is 12.2. The molecule has 4 aromatic carbocycles. The summed E-state index contributed by atoms with van der Waals surface area (Å²) in [7, 11) is 0. The monoisotopic (exact) mass is 634 g/mol. The Morgan fingerprint density at radius 1 is 0.739 bits per heavy atom. The van der Waals surface area contributed by atoms with E-state index in [9.17, 15) is 19.2 Å². The molecule has 0 saturated carbocycles. The Morgan fingerprint density at radius 3 is 2.00 bits per heavy atom. The second kappa shape index (κ2) is 16.2. The van der Waals surface area contributed by atoms with E-state index in [1.807, 2.05) is 43.3 Å². The predicted molar refractivity (Wildman–Crippen MR) is 187 cm³/mol. The van der Waals surface area contributed by atoms with Crippen LogP contribution in [0.25, 0.3) is 6.08 Å². The molecule has 1 atom stereocenters. The summed E-state index contributed by atoms with van der Waals surface area (Å²) in [6, 6.07) is 30.7. The van der Waals surface area contributed by atoms with Crippen molar-refractivity contribution in [2.24, 2.45) is 0 Å². The van der Waals surface area contributed by atoms with E-state index in [0.717, 1.165) is 10.5 Å². The van der Waals surface area contributed by atoms with Crippen molar-refractivity contribution in [1.29, 1.82) is 0 Å². The van der Waals surface area contributed by atoms with E-state index < -0.39 is 17.1 Å². The molecular weight excluding hydrogens is 596 g/mol. The highest BCUT2D eigenvalue weighted by Crippen LogP contribution is 2.29. The first-order chi connectivity index (χ1) is 22.1. The van der Waals surface area contributed by atoms with Gasteiger partial charge in [0.15, 0.2) is 0 Å². The van der Waals surface area contributed by atoms with E-state index in [2.05, 4.69) is 35.1 Å². The van der Waals surface area contributed by atoms with Gasteiger partial charge in [0, 0.05) is 34.4 Å². The molecule has 0 aliphatic rings. The molecule has 4 N–H and O–H groups in total. The Labute approximate surface area is 274 Å². The quantitative estimate of drug-likeness (QED) is 0.0942. The number of hydrogen-bond acceptors (Lipinski definition) is 5. The molecule has 1 unspecified atom stereocenters. The predicted octanol–water partition coefficient (Wildman–Crippen LogP) is 7.69. The zero-order valence-corrected chi connectivity index (χ0v) is 27.1. The minimum absolute atomic E-state index is 0.0968. The van der Waals surface area contributed by atoms with E-state index in [-0.39, 0.29) is 17.5 Å². The van der Waals surface area contributed by atoms with Crippen molar-refractivity contribution in [1.82, 2.24) is 5.32 Å². The molecule has 9 heteroatoms. The zero-order valence-electron chi connectivity index (χ0n) is 26.3. The molecule has 4 rings (SSSR count). The van der Waals surface area contributed by atoms with Gasteiger partial charge in [-0.15, -0.1) is 11.8 Å². The molecular formula is C37H38N4O4S. The number of carbonyl (C=O) groups is 4. The van der Waals surface area contributed by atoms with Gasteiger partial charge in [-0.3, -0.25) is 19.2 Å². The smallest absolute Gasteiger partial charge is 0.272 e.